The van der Waals surface area contributed by atoms with Crippen LogP contribution >= 0.6 is 0 Å². The van der Waals surface area contributed by atoms with Crippen LogP contribution in [0.25, 0.3) is 0 Å². The van der Waals surface area contributed by atoms with Crippen molar-refractivity contribution in [3.63, 3.8) is 0 Å². The van der Waals surface area contributed by atoms with Crippen LogP contribution < -0.4 is 10.6 Å². The summed E-state index contributed by atoms with van der Waals surface area (Å²) in [7, 11) is 1.50. The third-order valence-corrected chi connectivity index (χ3v) is 4.14. The van der Waals surface area contributed by atoms with Gasteiger partial charge in [-0.15, -0.1) is 0 Å². The van der Waals surface area contributed by atoms with Crippen molar-refractivity contribution in [3.05, 3.63) is 63.5 Å². The number of hydrogen-bond donors (Lipinski definition) is 2. The van der Waals surface area contributed by atoms with E-state index in [-0.39, 0.29) is 22.6 Å². The van der Waals surface area contributed by atoms with Gasteiger partial charge in [0.25, 0.3) is 11.6 Å². The van der Waals surface area contributed by atoms with E-state index in [0.29, 0.717) is 18.7 Å². The number of carbonyl (C=O) groups excluding carboxylic acids is 2. The Morgan fingerprint density at radius 3 is 2.60 bits per heavy atom. The molecule has 0 aliphatic carbocycles. The summed E-state index contributed by atoms with van der Waals surface area (Å²) in [4.78, 5) is 35.2. The Morgan fingerprint density at radius 2 is 1.97 bits per heavy atom. The van der Waals surface area contributed by atoms with Crippen molar-refractivity contribution < 1.29 is 28.4 Å². The predicted molar refractivity (Wildman–Crippen MR) is 108 cm³/mol. The number of esters is 1. The van der Waals surface area contributed by atoms with Crippen LogP contribution in [-0.4, -0.2) is 43.2 Å². The molecule has 0 aromatic heterocycles. The summed E-state index contributed by atoms with van der Waals surface area (Å²) in [5, 5.41) is 16.6. The van der Waals surface area contributed by atoms with Gasteiger partial charge in [0.2, 0.25) is 0 Å². The maximum atomic E-state index is 13.6. The van der Waals surface area contributed by atoms with Gasteiger partial charge in [0, 0.05) is 25.4 Å². The molecule has 0 spiro atoms. The normalized spacial score (nSPS) is 11.5. The lowest BCUT2D eigenvalue weighted by atomic mass is 10.1. The molecule has 0 radical (unpaired) electrons. The van der Waals surface area contributed by atoms with E-state index in [4.69, 9.17) is 9.47 Å². The lowest BCUT2D eigenvalue weighted by molar-refractivity contribution is -0.384. The number of ether oxygens (including phenoxy) is 2. The predicted octanol–water partition coefficient (Wildman–Crippen LogP) is 3.28. The summed E-state index contributed by atoms with van der Waals surface area (Å²) >= 11 is 0. The molecule has 0 saturated heterocycles. The van der Waals surface area contributed by atoms with Crippen LogP contribution in [0, 0.1) is 22.9 Å². The average Bonchev–Trinajstić information content (AvgIpc) is 2.70. The SMILES string of the molecule is COCCNc1ccc(C(=O)OC(C)C(=O)Nc2ccc(C)c(F)c2)cc1[N+](=O)[O-]. The molecular weight excluding hydrogens is 397 g/mol. The van der Waals surface area contributed by atoms with Crippen LogP contribution in [0.15, 0.2) is 36.4 Å². The number of benzene rings is 2. The second kappa shape index (κ2) is 10.3. The van der Waals surface area contributed by atoms with Crippen molar-refractivity contribution in [1.82, 2.24) is 0 Å². The summed E-state index contributed by atoms with van der Waals surface area (Å²) in [5.74, 6) is -2.05. The molecule has 1 amide bonds. The topological polar surface area (TPSA) is 120 Å². The van der Waals surface area contributed by atoms with Gasteiger partial charge >= 0.3 is 5.97 Å². The Morgan fingerprint density at radius 1 is 1.23 bits per heavy atom. The van der Waals surface area contributed by atoms with Crippen LogP contribution in [-0.2, 0) is 14.3 Å². The summed E-state index contributed by atoms with van der Waals surface area (Å²) in [5.41, 5.74) is 0.468. The quantitative estimate of drug-likeness (QED) is 0.277. The Labute approximate surface area is 172 Å². The second-order valence-electron chi connectivity index (χ2n) is 6.41. The molecule has 0 aliphatic heterocycles. The highest BCUT2D eigenvalue weighted by Gasteiger charge is 2.22. The number of aryl methyl sites for hydroxylation is 1. The van der Waals surface area contributed by atoms with Gasteiger partial charge in [-0.2, -0.15) is 0 Å². The molecule has 1 unspecified atom stereocenters. The minimum atomic E-state index is -1.21. The van der Waals surface area contributed by atoms with Crippen molar-refractivity contribution >= 4 is 28.9 Å². The third-order valence-electron chi connectivity index (χ3n) is 4.14. The molecule has 160 valence electrons. The van der Waals surface area contributed by atoms with E-state index >= 15 is 0 Å². The fourth-order valence-corrected chi connectivity index (χ4v) is 2.44. The first-order valence-corrected chi connectivity index (χ1v) is 9.02. The summed E-state index contributed by atoms with van der Waals surface area (Å²) < 4.78 is 23.6. The van der Waals surface area contributed by atoms with Gasteiger partial charge in [-0.25, -0.2) is 9.18 Å². The smallest absolute Gasteiger partial charge is 0.339 e. The number of hydrogen-bond acceptors (Lipinski definition) is 7. The number of amides is 1. The molecule has 0 fully saturated rings. The zero-order chi connectivity index (χ0) is 22.3. The minimum absolute atomic E-state index is 0.0833. The van der Waals surface area contributed by atoms with E-state index in [1.165, 1.54) is 38.3 Å². The maximum absolute atomic E-state index is 13.6. The Kier molecular flexibility index (Phi) is 7.82. The molecule has 0 bridgehead atoms. The summed E-state index contributed by atoms with van der Waals surface area (Å²) in [6, 6.07) is 7.97. The van der Waals surface area contributed by atoms with Crippen LogP contribution in [0.3, 0.4) is 0 Å². The maximum Gasteiger partial charge on any atom is 0.339 e. The Balaban J connectivity index is 2.06. The Bertz CT molecular complexity index is 950. The van der Waals surface area contributed by atoms with Gasteiger partial charge in [0.05, 0.1) is 17.1 Å². The molecule has 9 nitrogen and oxygen atoms in total. The van der Waals surface area contributed by atoms with Gasteiger partial charge in [-0.1, -0.05) is 6.07 Å². The Hall–Kier alpha value is -3.53. The number of nitrogens with one attached hydrogen (secondary N) is 2. The van der Waals surface area contributed by atoms with Crippen LogP contribution in [0.1, 0.15) is 22.8 Å². The van der Waals surface area contributed by atoms with Crippen molar-refractivity contribution in [2.24, 2.45) is 0 Å². The van der Waals surface area contributed by atoms with E-state index in [0.717, 1.165) is 12.1 Å². The highest BCUT2D eigenvalue weighted by atomic mass is 19.1. The lowest BCUT2D eigenvalue weighted by Crippen LogP contribution is -2.30. The summed E-state index contributed by atoms with van der Waals surface area (Å²) in [6.07, 6.45) is -1.21. The van der Waals surface area contributed by atoms with Crippen molar-refractivity contribution in [2.75, 3.05) is 30.9 Å². The monoisotopic (exact) mass is 419 g/mol. The lowest BCUT2D eigenvalue weighted by Gasteiger charge is -2.14. The third kappa shape index (κ3) is 5.98. The van der Waals surface area contributed by atoms with E-state index in [9.17, 15) is 24.1 Å². The number of methoxy groups -OCH3 is 1. The van der Waals surface area contributed by atoms with Gasteiger partial charge in [-0.05, 0) is 43.7 Å². The molecule has 2 aromatic rings. The molecule has 1 atom stereocenters. The molecule has 10 heteroatoms. The van der Waals surface area contributed by atoms with E-state index < -0.39 is 28.7 Å². The van der Waals surface area contributed by atoms with E-state index in [1.54, 1.807) is 6.92 Å². The number of nitro benzene ring substituents is 1. The zero-order valence-electron chi connectivity index (χ0n) is 16.7. The highest BCUT2D eigenvalue weighted by Crippen LogP contribution is 2.26. The van der Waals surface area contributed by atoms with E-state index in [2.05, 4.69) is 10.6 Å². The van der Waals surface area contributed by atoms with Gasteiger partial charge in [0.15, 0.2) is 6.10 Å². The fourth-order valence-electron chi connectivity index (χ4n) is 2.44. The molecule has 30 heavy (non-hydrogen) atoms. The standard InChI is InChI=1S/C20H22FN3O6/c1-12-4-6-15(11-16(12)21)23-19(25)13(2)30-20(26)14-5-7-17(22-8-9-29-3)18(10-14)24(27)28/h4-7,10-11,13,22H,8-9H2,1-3H3,(H,23,25). The van der Waals surface area contributed by atoms with Crippen molar-refractivity contribution in [2.45, 2.75) is 20.0 Å². The largest absolute Gasteiger partial charge is 0.449 e. The molecule has 0 heterocycles. The molecular formula is C20H22FN3O6. The number of carbonyl (C=O) groups is 2. The number of nitro groups is 1. The fraction of sp³-hybridized carbons (Fsp3) is 0.300. The van der Waals surface area contributed by atoms with Gasteiger partial charge in [-0.3, -0.25) is 14.9 Å². The molecule has 2 rings (SSSR count). The first-order chi connectivity index (χ1) is 14.2. The van der Waals surface area contributed by atoms with Gasteiger partial charge < -0.3 is 20.1 Å². The molecule has 0 saturated carbocycles. The first kappa shape index (κ1) is 22.8. The second-order valence-corrected chi connectivity index (χ2v) is 6.41. The number of rotatable bonds is 9. The van der Waals surface area contributed by atoms with Crippen molar-refractivity contribution in [3.8, 4) is 0 Å². The molecule has 2 N–H and O–H groups in total. The van der Waals surface area contributed by atoms with Gasteiger partial charge in [0.1, 0.15) is 11.5 Å². The number of halogens is 1. The van der Waals surface area contributed by atoms with Crippen LogP contribution in [0.5, 0.6) is 0 Å². The van der Waals surface area contributed by atoms with Crippen LogP contribution in [0.4, 0.5) is 21.5 Å². The average molecular weight is 419 g/mol. The number of anilines is 2. The molecule has 2 aromatic carbocycles. The number of nitrogens with zero attached hydrogens (tertiary/aromatic N) is 1. The zero-order valence-corrected chi connectivity index (χ0v) is 16.7. The van der Waals surface area contributed by atoms with Crippen LogP contribution in [0.2, 0.25) is 0 Å². The minimum Gasteiger partial charge on any atom is -0.449 e. The highest BCUT2D eigenvalue weighted by molar-refractivity contribution is 5.97. The first-order valence-electron chi connectivity index (χ1n) is 9.02. The summed E-state index contributed by atoms with van der Waals surface area (Å²) in [6.45, 7) is 3.62. The van der Waals surface area contributed by atoms with Crippen molar-refractivity contribution in [1.29, 1.82) is 0 Å². The van der Waals surface area contributed by atoms with E-state index in [1.807, 2.05) is 0 Å². The molecule has 0 aliphatic rings.